The van der Waals surface area contributed by atoms with E-state index < -0.39 is 11.5 Å². The zero-order chi connectivity index (χ0) is 49.7. The van der Waals surface area contributed by atoms with Gasteiger partial charge in [0.15, 0.2) is 0 Å². The number of nitrogens with zero attached hydrogens (tertiary/aromatic N) is 6. The molecule has 2 N–H and O–H groups in total. The number of likely N-dealkylation sites (tertiary alicyclic amines) is 1. The Balaban J connectivity index is 1.04. The number of hydrogen-bond acceptors (Lipinski definition) is 12. The van der Waals surface area contributed by atoms with Gasteiger partial charge in [-0.15, -0.1) is 0 Å². The lowest BCUT2D eigenvalue weighted by Crippen LogP contribution is -2.47. The molecule has 2 bridgehead atoms. The van der Waals surface area contributed by atoms with Crippen molar-refractivity contribution in [1.29, 1.82) is 5.41 Å². The molecule has 71 heavy (non-hydrogen) atoms. The lowest BCUT2D eigenvalue weighted by molar-refractivity contribution is -0.133. The van der Waals surface area contributed by atoms with E-state index in [0.717, 1.165) is 107 Å². The topological polar surface area (TPSA) is 164 Å². The fourth-order valence-electron chi connectivity index (χ4n) is 11.6. The lowest BCUT2D eigenvalue weighted by atomic mass is 9.84. The van der Waals surface area contributed by atoms with E-state index in [4.69, 9.17) is 23.9 Å². The van der Waals surface area contributed by atoms with E-state index in [2.05, 4.69) is 97.6 Å². The van der Waals surface area contributed by atoms with E-state index in [0.29, 0.717) is 63.7 Å². The van der Waals surface area contributed by atoms with Crippen LogP contribution in [0, 0.1) is 28.6 Å². The monoisotopic (exact) mass is 971 g/mol. The lowest BCUT2D eigenvalue weighted by Gasteiger charge is -2.36. The van der Waals surface area contributed by atoms with Crippen molar-refractivity contribution in [1.82, 2.24) is 29.6 Å². The molecule has 2 aromatic carbocycles. The quantitative estimate of drug-likeness (QED) is 0.0922. The number of carbonyl (C=O) groups is 3. The number of benzene rings is 2. The summed E-state index contributed by atoms with van der Waals surface area (Å²) in [6.07, 6.45) is 6.78. The number of piperidine rings is 1. The Bertz CT molecular complexity index is 2640. The highest BCUT2D eigenvalue weighted by Crippen LogP contribution is 2.44. The van der Waals surface area contributed by atoms with Crippen LogP contribution in [-0.2, 0) is 48.0 Å². The number of carbonyl (C=O) groups excluding carboxylic acids is 3. The van der Waals surface area contributed by atoms with Crippen molar-refractivity contribution < 1.29 is 33.3 Å². The highest BCUT2D eigenvalue weighted by Gasteiger charge is 2.50. The number of amidine groups is 1. The summed E-state index contributed by atoms with van der Waals surface area (Å²) in [6.45, 7) is 21.0. The number of rotatable bonds is 15. The molecule has 7 heterocycles. The van der Waals surface area contributed by atoms with Crippen LogP contribution in [0.1, 0.15) is 90.2 Å². The molecule has 2 amide bonds. The number of anilines is 1. The maximum Gasteiger partial charge on any atom is 0.293 e. The second kappa shape index (κ2) is 20.3. The predicted octanol–water partition coefficient (Wildman–Crippen LogP) is 7.11. The molecule has 1 aliphatic carbocycles. The van der Waals surface area contributed by atoms with E-state index in [1.54, 1.807) is 12.0 Å². The Labute approximate surface area is 419 Å². The van der Waals surface area contributed by atoms with E-state index in [1.165, 1.54) is 12.8 Å². The van der Waals surface area contributed by atoms with Gasteiger partial charge in [0, 0.05) is 99.7 Å². The standard InChI is InChI=1S/C56H74N8O7/c1-8-63-48-12-9-38(25-43(48)45(27-56(5,6)32-69-33-65)52(63)44-26-41(28-59-51(44)35(4)68-7)61-19-17-60(18-20-61)40-10-11-40)39-21-36-22-42(24-39)70-31-50(37-13-15-62(16-14-37)54(66)47-29-58-47)71-30-46(34(2)3)53(57)64-49(23-36)55(64)67/h9,12,21-22,24-26,28,33-35,37,40,46-47,49-50,57-58H,8,10-11,13-20,23,27,29-32H2,1-7H3/t35?,46-,47?,49?,50?,64?/m0/s1. The molecule has 4 saturated heterocycles. The third-order valence-electron chi connectivity index (χ3n) is 16.2. The first-order chi connectivity index (χ1) is 34.2. The third-order valence-corrected chi connectivity index (χ3v) is 16.2. The van der Waals surface area contributed by atoms with Gasteiger partial charge in [0.05, 0.1) is 54.7 Å². The molecular formula is C56H74N8O7. The van der Waals surface area contributed by atoms with Crippen molar-refractivity contribution in [2.75, 3.05) is 77.6 Å². The Morgan fingerprint density at radius 2 is 1.75 bits per heavy atom. The Morgan fingerprint density at radius 3 is 2.42 bits per heavy atom. The molecule has 1 saturated carbocycles. The van der Waals surface area contributed by atoms with Crippen LogP contribution in [0.5, 0.6) is 5.75 Å². The van der Waals surface area contributed by atoms with E-state index in [-0.39, 0.29) is 54.4 Å². The Hall–Kier alpha value is -5.35. The summed E-state index contributed by atoms with van der Waals surface area (Å²) in [5.41, 5.74) is 8.87. The zero-order valence-corrected chi connectivity index (χ0v) is 42.9. The summed E-state index contributed by atoms with van der Waals surface area (Å²) in [5.74, 6) is 1.17. The average molecular weight is 971 g/mol. The molecular weight excluding hydrogens is 897 g/mol. The fraction of sp³-hybridized carbons (Fsp3) is 0.589. The van der Waals surface area contributed by atoms with E-state index in [9.17, 15) is 19.8 Å². The van der Waals surface area contributed by atoms with Gasteiger partial charge < -0.3 is 38.6 Å². The van der Waals surface area contributed by atoms with Crippen LogP contribution in [0.2, 0.25) is 0 Å². The molecule has 4 unspecified atom stereocenters. The van der Waals surface area contributed by atoms with Gasteiger partial charge in [0.25, 0.3) is 12.4 Å². The van der Waals surface area contributed by atoms with Gasteiger partial charge in [0.2, 0.25) is 5.91 Å². The van der Waals surface area contributed by atoms with Crippen molar-refractivity contribution in [3.05, 3.63) is 65.5 Å². The minimum absolute atomic E-state index is 0.0359. The molecule has 2 aromatic heterocycles. The third kappa shape index (κ3) is 10.3. The number of methoxy groups -OCH3 is 1. The summed E-state index contributed by atoms with van der Waals surface area (Å²) >= 11 is 0. The SMILES string of the molecule is CCn1c(-c2cc(N3CCN(C4CC4)CC3)cnc2C(C)OC)c(CC(C)(C)COC=O)c2cc(-c3cc4cc(c3)OCC(C3CCN(C(=O)C5CN5)CC3)OC[C@@H](C(C)C)C(=N)N3C(=O)C3C4)ccc21. The number of hydrogen-bond donors (Lipinski definition) is 2. The molecule has 0 radical (unpaired) electrons. The van der Waals surface area contributed by atoms with Gasteiger partial charge in [-0.3, -0.25) is 34.6 Å². The van der Waals surface area contributed by atoms with Gasteiger partial charge in [-0.05, 0) is 110 Å². The Morgan fingerprint density at radius 1 is 0.986 bits per heavy atom. The molecule has 4 aromatic rings. The molecule has 5 atom stereocenters. The number of aromatic nitrogens is 2. The van der Waals surface area contributed by atoms with Crippen LogP contribution < -0.4 is 15.0 Å². The normalized spacial score (nSPS) is 24.0. The van der Waals surface area contributed by atoms with Gasteiger partial charge in [-0.2, -0.15) is 0 Å². The first-order valence-corrected chi connectivity index (χ1v) is 26.3. The van der Waals surface area contributed by atoms with Crippen LogP contribution in [0.25, 0.3) is 33.3 Å². The smallest absolute Gasteiger partial charge is 0.293 e. The van der Waals surface area contributed by atoms with Gasteiger partial charge in [-0.25, -0.2) is 0 Å². The predicted molar refractivity (Wildman–Crippen MR) is 275 cm³/mol. The average Bonchev–Trinajstić information content (AvgIpc) is 4.30. The summed E-state index contributed by atoms with van der Waals surface area (Å²) in [7, 11) is 1.74. The van der Waals surface area contributed by atoms with Crippen LogP contribution >= 0.6 is 0 Å². The highest BCUT2D eigenvalue weighted by atomic mass is 16.5. The van der Waals surface area contributed by atoms with Crippen LogP contribution in [0.3, 0.4) is 0 Å². The Kier molecular flexibility index (Phi) is 14.1. The second-order valence-electron chi connectivity index (χ2n) is 22.1. The van der Waals surface area contributed by atoms with Gasteiger partial charge in [-0.1, -0.05) is 39.8 Å². The molecule has 380 valence electrons. The molecule has 15 nitrogen and oxygen atoms in total. The fourth-order valence-corrected chi connectivity index (χ4v) is 11.6. The molecule has 5 fully saturated rings. The zero-order valence-electron chi connectivity index (χ0n) is 42.9. The van der Waals surface area contributed by atoms with Crippen molar-refractivity contribution in [3.63, 3.8) is 0 Å². The van der Waals surface area contributed by atoms with Crippen molar-refractivity contribution in [3.8, 4) is 28.1 Å². The van der Waals surface area contributed by atoms with Crippen LogP contribution in [0.15, 0.2) is 48.7 Å². The maximum atomic E-state index is 13.6. The maximum absolute atomic E-state index is 13.6. The highest BCUT2D eigenvalue weighted by molar-refractivity contribution is 6.13. The molecule has 5 aliphatic heterocycles. The summed E-state index contributed by atoms with van der Waals surface area (Å²) in [6, 6.07) is 15.6. The van der Waals surface area contributed by atoms with Crippen molar-refractivity contribution in [2.45, 2.75) is 117 Å². The number of pyridine rings is 1. The number of piperazine rings is 1. The summed E-state index contributed by atoms with van der Waals surface area (Å²) < 4.78 is 27.5. The van der Waals surface area contributed by atoms with E-state index in [1.807, 2.05) is 17.2 Å². The number of ether oxygens (including phenoxy) is 4. The number of amides is 2. The van der Waals surface area contributed by atoms with Crippen LogP contribution in [-0.4, -0.2) is 145 Å². The van der Waals surface area contributed by atoms with Crippen molar-refractivity contribution in [2.24, 2.45) is 23.2 Å². The summed E-state index contributed by atoms with van der Waals surface area (Å²) in [5, 5.41) is 13.6. The number of aryl methyl sites for hydroxylation is 1. The first-order valence-electron chi connectivity index (χ1n) is 26.3. The summed E-state index contributed by atoms with van der Waals surface area (Å²) in [4.78, 5) is 52.1. The van der Waals surface area contributed by atoms with Crippen molar-refractivity contribution >= 4 is 40.7 Å². The van der Waals surface area contributed by atoms with Gasteiger partial charge >= 0.3 is 0 Å². The van der Waals surface area contributed by atoms with Gasteiger partial charge in [0.1, 0.15) is 24.2 Å². The largest absolute Gasteiger partial charge is 0.491 e. The minimum Gasteiger partial charge on any atom is -0.491 e. The minimum atomic E-state index is -0.424. The van der Waals surface area contributed by atoms with E-state index >= 15 is 0 Å². The molecule has 10 rings (SSSR count). The molecule has 6 aliphatic rings. The molecule has 0 spiro atoms. The first kappa shape index (κ1) is 49.2. The number of nitrogens with one attached hydrogen (secondary N) is 2. The van der Waals surface area contributed by atoms with Crippen LogP contribution in [0.4, 0.5) is 5.69 Å². The second-order valence-corrected chi connectivity index (χ2v) is 22.1. The molecule has 15 heteroatoms. The number of fused-ring (bicyclic) bond motifs is 4.